The van der Waals surface area contributed by atoms with Gasteiger partial charge in [0, 0.05) is 16.9 Å². The van der Waals surface area contributed by atoms with E-state index in [1.165, 1.54) is 6.33 Å². The lowest BCUT2D eigenvalue weighted by Crippen LogP contribution is -2.12. The van der Waals surface area contributed by atoms with Crippen LogP contribution in [0.5, 0.6) is 0 Å². The molecule has 1 aromatic heterocycles. The van der Waals surface area contributed by atoms with Gasteiger partial charge in [-0.05, 0) is 31.9 Å². The zero-order chi connectivity index (χ0) is 14.0. The quantitative estimate of drug-likeness (QED) is 0.939. The third kappa shape index (κ3) is 3.04. The molecule has 0 aliphatic heterocycles. The first-order valence-electron chi connectivity index (χ1n) is 6.32. The SMILES string of the molecule is Cc1cccc(C(O)Cc2ncnn2C(C)C)c1Br. The maximum absolute atomic E-state index is 10.4. The van der Waals surface area contributed by atoms with Gasteiger partial charge in [-0.2, -0.15) is 5.10 Å². The van der Waals surface area contributed by atoms with Crippen LogP contribution in [0.4, 0.5) is 0 Å². The molecular formula is C14H18BrN3O. The standard InChI is InChI=1S/C14H18BrN3O/c1-9(2)18-13(16-8-17-18)7-12(19)11-6-4-5-10(3)14(11)15/h4-6,8-9,12,19H,7H2,1-3H3. The highest BCUT2D eigenvalue weighted by atomic mass is 79.9. The molecule has 0 bridgehead atoms. The van der Waals surface area contributed by atoms with Crippen molar-refractivity contribution in [2.45, 2.75) is 39.3 Å². The average molecular weight is 324 g/mol. The maximum atomic E-state index is 10.4. The topological polar surface area (TPSA) is 50.9 Å². The van der Waals surface area contributed by atoms with E-state index in [2.05, 4.69) is 26.0 Å². The second-order valence-electron chi connectivity index (χ2n) is 4.91. The van der Waals surface area contributed by atoms with Crippen LogP contribution in [0.1, 0.15) is 42.9 Å². The summed E-state index contributed by atoms with van der Waals surface area (Å²) in [6, 6.07) is 6.13. The molecule has 0 amide bonds. The molecule has 1 N–H and O–H groups in total. The number of hydrogen-bond donors (Lipinski definition) is 1. The first-order valence-corrected chi connectivity index (χ1v) is 7.11. The summed E-state index contributed by atoms with van der Waals surface area (Å²) in [6.45, 7) is 6.11. The Morgan fingerprint density at radius 2 is 2.11 bits per heavy atom. The van der Waals surface area contributed by atoms with Gasteiger partial charge in [0.25, 0.3) is 0 Å². The molecule has 4 nitrogen and oxygen atoms in total. The molecule has 1 aromatic carbocycles. The fourth-order valence-corrected chi connectivity index (χ4v) is 2.59. The van der Waals surface area contributed by atoms with Crippen LogP contribution in [-0.2, 0) is 6.42 Å². The largest absolute Gasteiger partial charge is 0.388 e. The van der Waals surface area contributed by atoms with E-state index in [1.807, 2.05) is 43.7 Å². The molecule has 1 unspecified atom stereocenters. The molecule has 102 valence electrons. The molecule has 0 aliphatic rings. The van der Waals surface area contributed by atoms with E-state index >= 15 is 0 Å². The van der Waals surface area contributed by atoms with Gasteiger partial charge < -0.3 is 5.11 Å². The van der Waals surface area contributed by atoms with Crippen LogP contribution >= 0.6 is 15.9 Å². The minimum absolute atomic E-state index is 0.241. The fourth-order valence-electron chi connectivity index (χ4n) is 2.06. The van der Waals surface area contributed by atoms with E-state index in [-0.39, 0.29) is 6.04 Å². The monoisotopic (exact) mass is 323 g/mol. The van der Waals surface area contributed by atoms with Gasteiger partial charge in [-0.1, -0.05) is 34.1 Å². The van der Waals surface area contributed by atoms with Crippen molar-refractivity contribution < 1.29 is 5.11 Å². The van der Waals surface area contributed by atoms with E-state index in [4.69, 9.17) is 0 Å². The maximum Gasteiger partial charge on any atom is 0.138 e. The molecule has 0 saturated carbocycles. The highest BCUT2D eigenvalue weighted by Gasteiger charge is 2.17. The number of aliphatic hydroxyl groups excluding tert-OH is 1. The minimum Gasteiger partial charge on any atom is -0.388 e. The van der Waals surface area contributed by atoms with Gasteiger partial charge in [0.2, 0.25) is 0 Å². The number of rotatable bonds is 4. The lowest BCUT2D eigenvalue weighted by molar-refractivity contribution is 0.172. The van der Waals surface area contributed by atoms with Crippen LogP contribution < -0.4 is 0 Å². The molecule has 0 saturated heterocycles. The summed E-state index contributed by atoms with van der Waals surface area (Å²) in [7, 11) is 0. The Labute approximate surface area is 121 Å². The van der Waals surface area contributed by atoms with Crippen LogP contribution in [0.2, 0.25) is 0 Å². The molecule has 0 radical (unpaired) electrons. The summed E-state index contributed by atoms with van der Waals surface area (Å²) in [6.07, 6.45) is 1.41. The van der Waals surface area contributed by atoms with Gasteiger partial charge in [-0.15, -0.1) is 0 Å². The number of aromatic nitrogens is 3. The van der Waals surface area contributed by atoms with Gasteiger partial charge >= 0.3 is 0 Å². The van der Waals surface area contributed by atoms with Crippen LogP contribution in [0.15, 0.2) is 29.0 Å². The zero-order valence-electron chi connectivity index (χ0n) is 11.3. The highest BCUT2D eigenvalue weighted by Crippen LogP contribution is 2.28. The minimum atomic E-state index is -0.587. The number of aryl methyl sites for hydroxylation is 1. The molecule has 0 aliphatic carbocycles. The Balaban J connectivity index is 2.23. The predicted octanol–water partition coefficient (Wildman–Crippen LogP) is 3.21. The molecule has 0 spiro atoms. The average Bonchev–Trinajstić information content (AvgIpc) is 2.80. The highest BCUT2D eigenvalue weighted by molar-refractivity contribution is 9.10. The molecule has 2 aromatic rings. The van der Waals surface area contributed by atoms with Crippen molar-refractivity contribution in [2.75, 3.05) is 0 Å². The summed E-state index contributed by atoms with van der Waals surface area (Å²) in [5.74, 6) is 0.802. The third-order valence-corrected chi connectivity index (χ3v) is 4.18. The van der Waals surface area contributed by atoms with Gasteiger partial charge in [0.05, 0.1) is 6.10 Å². The summed E-state index contributed by atoms with van der Waals surface area (Å²) < 4.78 is 2.80. The van der Waals surface area contributed by atoms with Gasteiger partial charge in [-0.25, -0.2) is 9.67 Å². The van der Waals surface area contributed by atoms with Gasteiger partial charge in [0.1, 0.15) is 12.2 Å². The number of halogens is 1. The molecular weight excluding hydrogens is 306 g/mol. The van der Waals surface area contributed by atoms with Crippen LogP contribution in [0, 0.1) is 6.92 Å². The van der Waals surface area contributed by atoms with Crippen LogP contribution in [0.25, 0.3) is 0 Å². The van der Waals surface area contributed by atoms with Crippen molar-refractivity contribution in [1.29, 1.82) is 0 Å². The van der Waals surface area contributed by atoms with E-state index in [0.717, 1.165) is 21.4 Å². The smallest absolute Gasteiger partial charge is 0.138 e. The summed E-state index contributed by atoms with van der Waals surface area (Å²) >= 11 is 3.53. The van der Waals surface area contributed by atoms with E-state index < -0.39 is 6.10 Å². The molecule has 2 rings (SSSR count). The summed E-state index contributed by atoms with van der Waals surface area (Å²) in [5, 5.41) is 14.6. The third-order valence-electron chi connectivity index (χ3n) is 3.09. The zero-order valence-corrected chi connectivity index (χ0v) is 12.9. The van der Waals surface area contributed by atoms with Crippen LogP contribution in [0.3, 0.4) is 0 Å². The second kappa shape index (κ2) is 5.84. The Kier molecular flexibility index (Phi) is 4.37. The Bertz CT molecular complexity index is 566. The molecule has 1 heterocycles. The number of nitrogens with zero attached hydrogens (tertiary/aromatic N) is 3. The first kappa shape index (κ1) is 14.2. The van der Waals surface area contributed by atoms with Crippen molar-refractivity contribution in [3.05, 3.63) is 46.0 Å². The van der Waals surface area contributed by atoms with Crippen molar-refractivity contribution in [3.8, 4) is 0 Å². The molecule has 0 fully saturated rings. The molecule has 1 atom stereocenters. The lowest BCUT2D eigenvalue weighted by atomic mass is 10.0. The number of benzene rings is 1. The number of hydrogen-bond acceptors (Lipinski definition) is 3. The number of aliphatic hydroxyl groups is 1. The Morgan fingerprint density at radius 1 is 1.37 bits per heavy atom. The summed E-state index contributed by atoms with van der Waals surface area (Å²) in [5.41, 5.74) is 2.00. The van der Waals surface area contributed by atoms with Crippen molar-refractivity contribution >= 4 is 15.9 Å². The Morgan fingerprint density at radius 3 is 2.79 bits per heavy atom. The predicted molar refractivity (Wildman–Crippen MR) is 77.9 cm³/mol. The Hall–Kier alpha value is -1.20. The molecule has 19 heavy (non-hydrogen) atoms. The van der Waals surface area contributed by atoms with Crippen molar-refractivity contribution in [3.63, 3.8) is 0 Å². The normalized spacial score (nSPS) is 12.9. The van der Waals surface area contributed by atoms with E-state index in [0.29, 0.717) is 6.42 Å². The first-order chi connectivity index (χ1) is 9.00. The lowest BCUT2D eigenvalue weighted by Gasteiger charge is -2.15. The molecule has 5 heteroatoms. The second-order valence-corrected chi connectivity index (χ2v) is 5.71. The van der Waals surface area contributed by atoms with Crippen molar-refractivity contribution in [1.82, 2.24) is 14.8 Å². The van der Waals surface area contributed by atoms with Gasteiger partial charge in [-0.3, -0.25) is 0 Å². The van der Waals surface area contributed by atoms with Gasteiger partial charge in [0.15, 0.2) is 0 Å². The fraction of sp³-hybridized carbons (Fsp3) is 0.429. The van der Waals surface area contributed by atoms with Crippen LogP contribution in [-0.4, -0.2) is 19.9 Å². The summed E-state index contributed by atoms with van der Waals surface area (Å²) in [4.78, 5) is 4.23. The van der Waals surface area contributed by atoms with Crippen molar-refractivity contribution in [2.24, 2.45) is 0 Å². The van der Waals surface area contributed by atoms with E-state index in [1.54, 1.807) is 0 Å². The van der Waals surface area contributed by atoms with E-state index in [9.17, 15) is 5.11 Å².